The maximum Gasteiger partial charge on any atom is 0.341 e. The predicted molar refractivity (Wildman–Crippen MR) is 113 cm³/mol. The second-order valence-corrected chi connectivity index (χ2v) is 8.78. The number of carbonyl (C=O) groups is 1. The Morgan fingerprint density at radius 2 is 1.97 bits per heavy atom. The molecule has 0 aliphatic heterocycles. The Hall–Kier alpha value is -2.97. The van der Waals surface area contributed by atoms with Gasteiger partial charge >= 0.3 is 5.97 Å². The van der Waals surface area contributed by atoms with Crippen LogP contribution in [-0.2, 0) is 11.3 Å². The first-order chi connectivity index (χ1) is 15.1. The lowest BCUT2D eigenvalue weighted by Crippen LogP contribution is -2.34. The summed E-state index contributed by atoms with van der Waals surface area (Å²) in [5, 5.41) is 8.80. The second-order valence-electron chi connectivity index (χ2n) is 8.78. The smallest absolute Gasteiger partial charge is 0.341 e. The molecule has 3 aromatic heterocycles. The number of hydrogen-bond donors (Lipinski definition) is 0. The molecule has 2 aliphatic rings. The number of carbonyl (C=O) groups excluding carboxylic acids is 1. The summed E-state index contributed by atoms with van der Waals surface area (Å²) in [4.78, 5) is 21.1. The lowest BCUT2D eigenvalue weighted by atomic mass is 9.59. The van der Waals surface area contributed by atoms with Crippen molar-refractivity contribution in [3.63, 3.8) is 0 Å². The van der Waals surface area contributed by atoms with Gasteiger partial charge in [-0.15, -0.1) is 0 Å². The van der Waals surface area contributed by atoms with Gasteiger partial charge in [0.2, 0.25) is 5.88 Å². The molecule has 164 valence electrons. The summed E-state index contributed by atoms with van der Waals surface area (Å²) in [6.07, 6.45) is 14.2. The molecule has 0 bridgehead atoms. The molecule has 0 unspecified atom stereocenters. The van der Waals surface area contributed by atoms with Crippen LogP contribution in [0.25, 0.3) is 17.0 Å². The van der Waals surface area contributed by atoms with E-state index in [2.05, 4.69) is 20.2 Å². The Morgan fingerprint density at radius 1 is 1.16 bits per heavy atom. The summed E-state index contributed by atoms with van der Waals surface area (Å²) < 4.78 is 14.0. The van der Waals surface area contributed by atoms with E-state index in [1.165, 1.54) is 55.8 Å². The van der Waals surface area contributed by atoms with Crippen molar-refractivity contribution < 1.29 is 14.3 Å². The molecule has 3 heterocycles. The average Bonchev–Trinajstić information content (AvgIpc) is 3.41. The summed E-state index contributed by atoms with van der Waals surface area (Å²) in [7, 11) is 1.59. The van der Waals surface area contributed by atoms with E-state index in [9.17, 15) is 4.79 Å². The molecule has 0 aromatic carbocycles. The van der Waals surface area contributed by atoms with E-state index >= 15 is 0 Å². The number of ether oxygens (including phenoxy) is 2. The number of rotatable bonds is 6. The summed E-state index contributed by atoms with van der Waals surface area (Å²) in [6, 6.07) is 0. The van der Waals surface area contributed by atoms with Gasteiger partial charge in [0.05, 0.1) is 31.7 Å². The fourth-order valence-corrected chi connectivity index (χ4v) is 4.98. The van der Waals surface area contributed by atoms with Crippen LogP contribution in [0.1, 0.15) is 62.2 Å². The Bertz CT molecular complexity index is 1090. The maximum absolute atomic E-state index is 11.9. The highest BCUT2D eigenvalue weighted by molar-refractivity contribution is 5.88. The van der Waals surface area contributed by atoms with Gasteiger partial charge in [-0.25, -0.2) is 14.5 Å². The molecule has 2 fully saturated rings. The summed E-state index contributed by atoms with van der Waals surface area (Å²) in [5.41, 5.74) is 2.50. The Labute approximate surface area is 180 Å². The molecular formula is C22H28N6O3. The molecule has 5 rings (SSSR count). The van der Waals surface area contributed by atoms with Gasteiger partial charge in [0.15, 0.2) is 0 Å². The second kappa shape index (κ2) is 7.94. The zero-order valence-corrected chi connectivity index (χ0v) is 18.1. The van der Waals surface area contributed by atoms with Crippen LogP contribution in [-0.4, -0.2) is 49.2 Å². The van der Waals surface area contributed by atoms with Gasteiger partial charge in [-0.3, -0.25) is 4.68 Å². The molecule has 9 heteroatoms. The highest BCUT2D eigenvalue weighted by atomic mass is 16.5. The summed E-state index contributed by atoms with van der Waals surface area (Å²) in [6.45, 7) is 2.93. The van der Waals surface area contributed by atoms with Crippen molar-refractivity contribution in [2.24, 2.45) is 11.3 Å². The van der Waals surface area contributed by atoms with Crippen molar-refractivity contribution in [2.45, 2.75) is 58.4 Å². The van der Waals surface area contributed by atoms with Crippen molar-refractivity contribution in [3.8, 4) is 11.8 Å². The quantitative estimate of drug-likeness (QED) is 0.558. The van der Waals surface area contributed by atoms with E-state index in [1.807, 2.05) is 4.68 Å². The number of hydrogen-bond acceptors (Lipinski definition) is 7. The molecular weight excluding hydrogens is 396 g/mol. The Morgan fingerprint density at radius 3 is 2.65 bits per heavy atom. The van der Waals surface area contributed by atoms with E-state index in [0.29, 0.717) is 40.8 Å². The fraction of sp³-hybridized carbons (Fsp3) is 0.591. The standard InChI is InChI=1S/C22H28N6O3/c1-3-31-20(29)16-11-23-28(14-16)21-25-17-12-24-27(18(17)19(26-21)30-2)13-15-5-9-22(10-6-15)7-4-8-22/h11-12,14-15H,3-10,13H2,1-2H3. The summed E-state index contributed by atoms with van der Waals surface area (Å²) >= 11 is 0. The molecule has 0 N–H and O–H groups in total. The van der Waals surface area contributed by atoms with Crippen molar-refractivity contribution >= 4 is 17.0 Å². The van der Waals surface area contributed by atoms with Crippen LogP contribution >= 0.6 is 0 Å². The number of esters is 1. The highest BCUT2D eigenvalue weighted by Gasteiger charge is 2.40. The van der Waals surface area contributed by atoms with Gasteiger partial charge < -0.3 is 9.47 Å². The van der Waals surface area contributed by atoms with Crippen molar-refractivity contribution in [2.75, 3.05) is 13.7 Å². The van der Waals surface area contributed by atoms with E-state index in [4.69, 9.17) is 9.47 Å². The van der Waals surface area contributed by atoms with Crippen molar-refractivity contribution in [1.82, 2.24) is 29.5 Å². The molecule has 9 nitrogen and oxygen atoms in total. The third-order valence-corrected chi connectivity index (χ3v) is 6.95. The fourth-order valence-electron chi connectivity index (χ4n) is 4.98. The minimum atomic E-state index is -0.425. The third-order valence-electron chi connectivity index (χ3n) is 6.95. The van der Waals surface area contributed by atoms with E-state index in [0.717, 1.165) is 12.1 Å². The Balaban J connectivity index is 1.38. The zero-order chi connectivity index (χ0) is 21.4. The number of fused-ring (bicyclic) bond motifs is 1. The van der Waals surface area contributed by atoms with Crippen LogP contribution in [0.2, 0.25) is 0 Å². The molecule has 1 spiro atoms. The minimum Gasteiger partial charge on any atom is -0.479 e. The SMILES string of the molecule is CCOC(=O)c1cnn(-c2nc(OC)c3c(cnn3CC3CCC4(CCC4)CC3)n2)c1. The van der Waals surface area contributed by atoms with Gasteiger partial charge in [-0.2, -0.15) is 15.2 Å². The number of methoxy groups -OCH3 is 1. The lowest BCUT2D eigenvalue weighted by molar-refractivity contribution is 0.0511. The summed E-state index contributed by atoms with van der Waals surface area (Å²) in [5.74, 6) is 0.976. The predicted octanol–water partition coefficient (Wildman–Crippen LogP) is 3.56. The highest BCUT2D eigenvalue weighted by Crippen LogP contribution is 2.52. The van der Waals surface area contributed by atoms with Crippen LogP contribution < -0.4 is 4.74 Å². The molecule has 2 saturated carbocycles. The first-order valence-electron chi connectivity index (χ1n) is 11.1. The molecule has 0 amide bonds. The molecule has 0 atom stereocenters. The van der Waals surface area contributed by atoms with Gasteiger partial charge in [0.1, 0.15) is 11.0 Å². The molecule has 2 aliphatic carbocycles. The van der Waals surface area contributed by atoms with Crippen molar-refractivity contribution in [1.29, 1.82) is 0 Å². The maximum atomic E-state index is 11.9. The van der Waals surface area contributed by atoms with Gasteiger partial charge in [0.25, 0.3) is 5.95 Å². The third kappa shape index (κ3) is 3.66. The Kier molecular flexibility index (Phi) is 5.11. The number of aromatic nitrogens is 6. The lowest BCUT2D eigenvalue weighted by Gasteiger charge is -2.47. The molecule has 0 saturated heterocycles. The van der Waals surface area contributed by atoms with Crippen LogP contribution in [0, 0.1) is 11.3 Å². The van der Waals surface area contributed by atoms with Crippen LogP contribution in [0.15, 0.2) is 18.6 Å². The topological polar surface area (TPSA) is 97.0 Å². The first kappa shape index (κ1) is 20.0. The zero-order valence-electron chi connectivity index (χ0n) is 18.1. The van der Waals surface area contributed by atoms with E-state index in [-0.39, 0.29) is 0 Å². The molecule has 0 radical (unpaired) electrons. The van der Waals surface area contributed by atoms with Gasteiger partial charge in [0, 0.05) is 12.7 Å². The van der Waals surface area contributed by atoms with E-state index in [1.54, 1.807) is 26.4 Å². The normalized spacial score (nSPS) is 18.3. The van der Waals surface area contributed by atoms with E-state index < -0.39 is 5.97 Å². The monoisotopic (exact) mass is 424 g/mol. The van der Waals surface area contributed by atoms with Crippen LogP contribution in [0.5, 0.6) is 5.88 Å². The van der Waals surface area contributed by atoms with Crippen LogP contribution in [0.4, 0.5) is 0 Å². The number of nitrogens with zero attached hydrogens (tertiary/aromatic N) is 6. The average molecular weight is 425 g/mol. The van der Waals surface area contributed by atoms with Crippen molar-refractivity contribution in [3.05, 3.63) is 24.2 Å². The molecule has 31 heavy (non-hydrogen) atoms. The minimum absolute atomic E-state index is 0.307. The van der Waals surface area contributed by atoms with Crippen LogP contribution in [0.3, 0.4) is 0 Å². The van der Waals surface area contributed by atoms with Gasteiger partial charge in [-0.1, -0.05) is 6.42 Å². The van der Waals surface area contributed by atoms with Gasteiger partial charge in [-0.05, 0) is 56.8 Å². The molecule has 3 aromatic rings. The largest absolute Gasteiger partial charge is 0.479 e. The first-order valence-corrected chi connectivity index (χ1v) is 11.1.